The Morgan fingerprint density at radius 1 is 1.30 bits per heavy atom. The number of nitrogens with one attached hydrogen (secondary N) is 1. The van der Waals surface area contributed by atoms with Crippen LogP contribution in [0.15, 0.2) is 48.2 Å². The third-order valence-electron chi connectivity index (χ3n) is 3.16. The summed E-state index contributed by atoms with van der Waals surface area (Å²) in [6.45, 7) is 2.03. The molecule has 0 saturated heterocycles. The van der Waals surface area contributed by atoms with Gasteiger partial charge in [0.25, 0.3) is 5.91 Å². The van der Waals surface area contributed by atoms with Gasteiger partial charge in [0.1, 0.15) is 6.61 Å². The molecule has 1 aromatic heterocycles. The van der Waals surface area contributed by atoms with Crippen LogP contribution in [0, 0.1) is 0 Å². The Bertz CT molecular complexity index is 699. The zero-order valence-corrected chi connectivity index (χ0v) is 13.1. The average molecular weight is 313 g/mol. The van der Waals surface area contributed by atoms with Gasteiger partial charge in [-0.2, -0.15) is 0 Å². The summed E-state index contributed by atoms with van der Waals surface area (Å²) in [4.78, 5) is 15.6. The number of aromatic nitrogens is 1. The van der Waals surface area contributed by atoms with E-state index in [0.29, 0.717) is 23.7 Å². The van der Waals surface area contributed by atoms with Gasteiger partial charge in [-0.25, -0.2) is 5.84 Å². The van der Waals surface area contributed by atoms with E-state index >= 15 is 0 Å². The highest BCUT2D eigenvalue weighted by molar-refractivity contribution is 5.96. The van der Waals surface area contributed by atoms with Gasteiger partial charge in [-0.15, -0.1) is 0 Å². The van der Waals surface area contributed by atoms with E-state index in [2.05, 4.69) is 10.4 Å². The normalized spacial score (nSPS) is 11.0. The number of nitrogens with two attached hydrogens (primary N) is 1. The van der Waals surface area contributed by atoms with Crippen molar-refractivity contribution in [3.8, 4) is 11.5 Å². The van der Waals surface area contributed by atoms with Gasteiger partial charge < -0.3 is 9.47 Å². The van der Waals surface area contributed by atoms with E-state index in [1.807, 2.05) is 24.3 Å². The molecule has 0 aliphatic heterocycles. The Kier molecular flexibility index (Phi) is 5.71. The van der Waals surface area contributed by atoms with Crippen molar-refractivity contribution < 1.29 is 14.3 Å². The quantitative estimate of drug-likeness (QED) is 0.369. The van der Waals surface area contributed by atoms with Crippen LogP contribution in [0.1, 0.15) is 18.2 Å². The Morgan fingerprint density at radius 2 is 2.13 bits per heavy atom. The summed E-state index contributed by atoms with van der Waals surface area (Å²) in [7, 11) is 1.57. The zero-order chi connectivity index (χ0) is 16.7. The number of methoxy groups -OCH3 is 1. The highest BCUT2D eigenvalue weighted by Gasteiger charge is 2.07. The Hall–Kier alpha value is -2.86. The molecule has 0 saturated carbocycles. The first-order chi connectivity index (χ1) is 11.1. The fourth-order valence-corrected chi connectivity index (χ4v) is 1.96. The first-order valence-electron chi connectivity index (χ1n) is 7.04. The van der Waals surface area contributed by atoms with Gasteiger partial charge in [0.15, 0.2) is 11.5 Å². The maximum absolute atomic E-state index is 11.4. The van der Waals surface area contributed by atoms with Crippen molar-refractivity contribution in [2.45, 2.75) is 13.5 Å². The maximum Gasteiger partial charge on any atom is 0.260 e. The van der Waals surface area contributed by atoms with Gasteiger partial charge in [0.2, 0.25) is 0 Å². The molecule has 0 spiro atoms. The fraction of sp³-hybridized carbons (Fsp3) is 0.176. The van der Waals surface area contributed by atoms with Gasteiger partial charge in [-0.3, -0.25) is 15.2 Å². The summed E-state index contributed by atoms with van der Waals surface area (Å²) in [5.41, 5.74) is 4.23. The van der Waals surface area contributed by atoms with Crippen molar-refractivity contribution in [2.24, 2.45) is 5.84 Å². The van der Waals surface area contributed by atoms with Crippen LogP contribution in [0.4, 0.5) is 0 Å². The van der Waals surface area contributed by atoms with Crippen LogP contribution in [0.3, 0.4) is 0 Å². The molecule has 23 heavy (non-hydrogen) atoms. The Balaban J connectivity index is 2.15. The molecule has 0 radical (unpaired) electrons. The summed E-state index contributed by atoms with van der Waals surface area (Å²) in [6, 6.07) is 11.1. The molecule has 1 aromatic carbocycles. The van der Waals surface area contributed by atoms with Gasteiger partial charge in [0.05, 0.1) is 12.8 Å². The highest BCUT2D eigenvalue weighted by Crippen LogP contribution is 2.29. The van der Waals surface area contributed by atoms with Crippen LogP contribution in [-0.2, 0) is 11.4 Å². The first kappa shape index (κ1) is 16.5. The molecule has 0 bridgehead atoms. The number of amides is 1. The molecule has 2 aromatic rings. The number of hydrogen-bond acceptors (Lipinski definition) is 5. The lowest BCUT2D eigenvalue weighted by molar-refractivity contribution is -0.117. The first-order valence-corrected chi connectivity index (χ1v) is 7.04. The molecule has 2 rings (SSSR count). The summed E-state index contributed by atoms with van der Waals surface area (Å²) in [6.07, 6.45) is 3.43. The molecule has 0 unspecified atom stereocenters. The van der Waals surface area contributed by atoms with Crippen molar-refractivity contribution in [3.63, 3.8) is 0 Å². The van der Waals surface area contributed by atoms with Gasteiger partial charge in [-0.05, 0) is 42.8 Å². The zero-order valence-electron chi connectivity index (χ0n) is 13.1. The van der Waals surface area contributed by atoms with E-state index in [1.54, 1.807) is 38.4 Å². The van der Waals surface area contributed by atoms with Crippen LogP contribution in [-0.4, -0.2) is 18.0 Å². The van der Waals surface area contributed by atoms with Crippen molar-refractivity contribution in [1.82, 2.24) is 10.4 Å². The second-order valence-corrected chi connectivity index (χ2v) is 4.82. The number of hydrogen-bond donors (Lipinski definition) is 2. The van der Waals surface area contributed by atoms with E-state index < -0.39 is 0 Å². The van der Waals surface area contributed by atoms with Crippen molar-refractivity contribution in [3.05, 3.63) is 59.4 Å². The summed E-state index contributed by atoms with van der Waals surface area (Å²) in [5, 5.41) is 0. The number of pyridine rings is 1. The maximum atomic E-state index is 11.4. The number of carbonyl (C=O) groups excluding carboxylic acids is 1. The number of nitrogens with zero attached hydrogens (tertiary/aromatic N) is 1. The highest BCUT2D eigenvalue weighted by atomic mass is 16.5. The molecule has 0 atom stereocenters. The molecule has 1 amide bonds. The lowest BCUT2D eigenvalue weighted by Crippen LogP contribution is -2.30. The topological polar surface area (TPSA) is 86.5 Å². The Morgan fingerprint density at radius 3 is 2.78 bits per heavy atom. The van der Waals surface area contributed by atoms with Crippen LogP contribution in [0.25, 0.3) is 6.08 Å². The van der Waals surface area contributed by atoms with E-state index in [-0.39, 0.29) is 5.91 Å². The molecule has 6 nitrogen and oxygen atoms in total. The number of hydrazine groups is 1. The number of benzene rings is 1. The SMILES string of the molecule is COc1cc(C=C(C)C(=O)NN)ccc1OCc1ccccn1. The predicted molar refractivity (Wildman–Crippen MR) is 87.5 cm³/mol. The van der Waals surface area contributed by atoms with Crippen molar-refractivity contribution >= 4 is 12.0 Å². The number of carbonyl (C=O) groups is 1. The van der Waals surface area contributed by atoms with Gasteiger partial charge >= 0.3 is 0 Å². The van der Waals surface area contributed by atoms with Crippen molar-refractivity contribution in [2.75, 3.05) is 7.11 Å². The third kappa shape index (κ3) is 4.55. The fourth-order valence-electron chi connectivity index (χ4n) is 1.96. The molecule has 120 valence electrons. The molecule has 1 heterocycles. The monoisotopic (exact) mass is 313 g/mol. The second-order valence-electron chi connectivity index (χ2n) is 4.82. The van der Waals surface area contributed by atoms with Crippen LogP contribution < -0.4 is 20.7 Å². The van der Waals surface area contributed by atoms with E-state index in [9.17, 15) is 4.79 Å². The van der Waals surface area contributed by atoms with E-state index in [0.717, 1.165) is 11.3 Å². The molecule has 3 N–H and O–H groups in total. The standard InChI is InChI=1S/C17H19N3O3/c1-12(17(21)20-18)9-13-6-7-15(16(10-13)22-2)23-11-14-5-3-4-8-19-14/h3-10H,11,18H2,1-2H3,(H,20,21). The van der Waals surface area contributed by atoms with E-state index in [1.165, 1.54) is 0 Å². The van der Waals surface area contributed by atoms with Crippen LogP contribution in [0.2, 0.25) is 0 Å². The van der Waals surface area contributed by atoms with Crippen LogP contribution >= 0.6 is 0 Å². The Labute approximate surface area is 134 Å². The summed E-state index contributed by atoms with van der Waals surface area (Å²) >= 11 is 0. The van der Waals surface area contributed by atoms with Crippen LogP contribution in [0.5, 0.6) is 11.5 Å². The molecular weight excluding hydrogens is 294 g/mol. The summed E-state index contributed by atoms with van der Waals surface area (Å²) in [5.74, 6) is 5.96. The minimum Gasteiger partial charge on any atom is -0.493 e. The smallest absolute Gasteiger partial charge is 0.260 e. The van der Waals surface area contributed by atoms with E-state index in [4.69, 9.17) is 15.3 Å². The minimum atomic E-state index is -0.334. The second kappa shape index (κ2) is 7.95. The predicted octanol–water partition coefficient (Wildman–Crippen LogP) is 2.06. The molecule has 0 aliphatic rings. The van der Waals surface area contributed by atoms with Crippen molar-refractivity contribution in [1.29, 1.82) is 0 Å². The molecule has 0 aliphatic carbocycles. The lowest BCUT2D eigenvalue weighted by atomic mass is 10.1. The average Bonchev–Trinajstić information content (AvgIpc) is 2.60. The number of rotatable bonds is 6. The molecular formula is C17H19N3O3. The summed E-state index contributed by atoms with van der Waals surface area (Å²) < 4.78 is 11.1. The number of ether oxygens (including phenoxy) is 2. The largest absolute Gasteiger partial charge is 0.493 e. The molecule has 0 fully saturated rings. The molecule has 6 heteroatoms. The van der Waals surface area contributed by atoms with Gasteiger partial charge in [0, 0.05) is 11.8 Å². The van der Waals surface area contributed by atoms with Gasteiger partial charge in [-0.1, -0.05) is 12.1 Å². The third-order valence-corrected chi connectivity index (χ3v) is 3.16. The minimum absolute atomic E-state index is 0.334. The lowest BCUT2D eigenvalue weighted by Gasteiger charge is -2.11.